The molecule has 1 aliphatic rings. The van der Waals surface area contributed by atoms with Crippen LogP contribution in [-0.2, 0) is 16.6 Å². The molecule has 1 atom stereocenters. The number of nitrogens with one attached hydrogen (secondary N) is 1. The lowest BCUT2D eigenvalue weighted by Crippen LogP contribution is -2.32. The Balaban J connectivity index is 1.68. The number of esters is 1. The number of aryl methyl sites for hydroxylation is 1. The summed E-state index contributed by atoms with van der Waals surface area (Å²) in [5, 5.41) is 6.89. The second-order valence-corrected chi connectivity index (χ2v) is 6.45. The maximum atomic E-state index is 12.5. The summed E-state index contributed by atoms with van der Waals surface area (Å²) in [5.41, 5.74) is 3.70. The molecule has 1 aromatic carbocycles. The third kappa shape index (κ3) is 4.19. The summed E-state index contributed by atoms with van der Waals surface area (Å²) < 4.78 is 6.48. The molecule has 7 heteroatoms. The summed E-state index contributed by atoms with van der Waals surface area (Å²) in [7, 11) is 3.13. The topological polar surface area (TPSA) is 81.9 Å². The molecule has 2 heterocycles. The van der Waals surface area contributed by atoms with Gasteiger partial charge < -0.3 is 19.5 Å². The zero-order valence-corrected chi connectivity index (χ0v) is 15.7. The number of nitrogens with zero attached hydrogens (tertiary/aromatic N) is 2. The largest absolute Gasteiger partial charge is 0.464 e. The number of carbonyl (C=O) groups excluding carboxylic acids is 2. The van der Waals surface area contributed by atoms with Crippen molar-refractivity contribution in [3.05, 3.63) is 47.8 Å². The highest BCUT2D eigenvalue weighted by molar-refractivity contribution is 5.96. The predicted molar refractivity (Wildman–Crippen MR) is 102 cm³/mol. The minimum atomic E-state index is -0.400. The summed E-state index contributed by atoms with van der Waals surface area (Å²) in [6.45, 7) is 2.44. The van der Waals surface area contributed by atoms with E-state index >= 15 is 0 Å². The minimum Gasteiger partial charge on any atom is -0.464 e. The van der Waals surface area contributed by atoms with Gasteiger partial charge in [0.25, 0.3) is 5.91 Å². The fourth-order valence-electron chi connectivity index (χ4n) is 2.98. The molecular formula is C20H23N3O4. The fourth-order valence-corrected chi connectivity index (χ4v) is 2.98. The zero-order valence-electron chi connectivity index (χ0n) is 15.7. The van der Waals surface area contributed by atoms with E-state index in [-0.39, 0.29) is 12.0 Å². The Bertz CT molecular complexity index is 885. The number of rotatable bonds is 6. The van der Waals surface area contributed by atoms with Crippen LogP contribution < -0.4 is 5.32 Å². The van der Waals surface area contributed by atoms with E-state index in [2.05, 4.69) is 10.5 Å². The van der Waals surface area contributed by atoms with E-state index in [1.165, 1.54) is 7.11 Å². The quantitative estimate of drug-likeness (QED) is 0.794. The molecule has 27 heavy (non-hydrogen) atoms. The first-order chi connectivity index (χ1) is 13.0. The van der Waals surface area contributed by atoms with E-state index in [9.17, 15) is 9.59 Å². The van der Waals surface area contributed by atoms with Crippen LogP contribution in [0.15, 0.2) is 41.7 Å². The van der Waals surface area contributed by atoms with Crippen molar-refractivity contribution in [2.75, 3.05) is 13.7 Å². The van der Waals surface area contributed by atoms with Crippen LogP contribution in [0.4, 0.5) is 0 Å². The van der Waals surface area contributed by atoms with Crippen molar-refractivity contribution in [1.29, 1.82) is 0 Å². The first-order valence-corrected chi connectivity index (χ1v) is 8.86. The van der Waals surface area contributed by atoms with E-state index in [0.717, 1.165) is 29.7 Å². The molecule has 0 radical (unpaired) electrons. The van der Waals surface area contributed by atoms with Gasteiger partial charge >= 0.3 is 5.97 Å². The molecule has 0 bridgehead atoms. The lowest BCUT2D eigenvalue weighted by molar-refractivity contribution is 0.0590. The highest BCUT2D eigenvalue weighted by Gasteiger charge is 2.21. The van der Waals surface area contributed by atoms with Crippen LogP contribution in [0.3, 0.4) is 0 Å². The van der Waals surface area contributed by atoms with Gasteiger partial charge in [0.05, 0.1) is 19.4 Å². The van der Waals surface area contributed by atoms with Gasteiger partial charge in [-0.2, -0.15) is 0 Å². The van der Waals surface area contributed by atoms with Crippen LogP contribution in [0, 0.1) is 0 Å². The van der Waals surface area contributed by atoms with Crippen molar-refractivity contribution in [2.45, 2.75) is 25.9 Å². The van der Waals surface area contributed by atoms with E-state index in [1.54, 1.807) is 29.8 Å². The summed E-state index contributed by atoms with van der Waals surface area (Å²) in [4.78, 5) is 29.6. The van der Waals surface area contributed by atoms with Crippen LogP contribution in [0.2, 0.25) is 0 Å². The molecule has 1 aliphatic heterocycles. The Labute approximate surface area is 158 Å². The van der Waals surface area contributed by atoms with E-state index in [4.69, 9.17) is 9.57 Å². The molecule has 0 fully saturated rings. The van der Waals surface area contributed by atoms with Gasteiger partial charge in [-0.25, -0.2) is 4.79 Å². The van der Waals surface area contributed by atoms with Gasteiger partial charge in [0.15, 0.2) is 0 Å². The second kappa shape index (κ2) is 8.07. The molecular weight excluding hydrogens is 346 g/mol. The summed E-state index contributed by atoms with van der Waals surface area (Å²) in [5.74, 6) is -0.572. The zero-order chi connectivity index (χ0) is 19.4. The van der Waals surface area contributed by atoms with Crippen LogP contribution in [0.1, 0.15) is 40.6 Å². The van der Waals surface area contributed by atoms with Gasteiger partial charge in [-0.1, -0.05) is 24.2 Å². The van der Waals surface area contributed by atoms with Gasteiger partial charge in [-0.15, -0.1) is 0 Å². The van der Waals surface area contributed by atoms with Crippen LogP contribution in [-0.4, -0.2) is 41.9 Å². The SMILES string of the molecule is CCC1=NOC(CNC(=O)c2cccc(-c3cc(C(=O)OC)n(C)c3)c2)C1. The number of oxime groups is 1. The molecule has 1 aromatic heterocycles. The smallest absolute Gasteiger partial charge is 0.354 e. The molecule has 0 saturated heterocycles. The fraction of sp³-hybridized carbons (Fsp3) is 0.350. The molecule has 2 aromatic rings. The lowest BCUT2D eigenvalue weighted by Gasteiger charge is -2.10. The third-order valence-corrected chi connectivity index (χ3v) is 4.55. The average Bonchev–Trinajstić information content (AvgIpc) is 3.32. The molecule has 0 spiro atoms. The minimum absolute atomic E-state index is 0.108. The van der Waals surface area contributed by atoms with Crippen LogP contribution in [0.5, 0.6) is 0 Å². The summed E-state index contributed by atoms with van der Waals surface area (Å²) in [6, 6.07) is 9.02. The maximum absolute atomic E-state index is 12.5. The first kappa shape index (κ1) is 18.7. The van der Waals surface area contributed by atoms with E-state index in [0.29, 0.717) is 17.8 Å². The molecule has 0 aliphatic carbocycles. The number of carbonyl (C=O) groups is 2. The number of hydrogen-bond acceptors (Lipinski definition) is 5. The van der Waals surface area contributed by atoms with Gasteiger partial charge in [-0.05, 0) is 30.2 Å². The van der Waals surface area contributed by atoms with Crippen molar-refractivity contribution in [2.24, 2.45) is 12.2 Å². The van der Waals surface area contributed by atoms with Crippen LogP contribution in [0.25, 0.3) is 11.1 Å². The Morgan fingerprint density at radius 2 is 2.15 bits per heavy atom. The molecule has 1 amide bonds. The molecule has 7 nitrogen and oxygen atoms in total. The van der Waals surface area contributed by atoms with Gasteiger partial charge in [0, 0.05) is 30.8 Å². The number of benzene rings is 1. The van der Waals surface area contributed by atoms with Crippen molar-refractivity contribution >= 4 is 17.6 Å². The summed E-state index contributed by atoms with van der Waals surface area (Å²) >= 11 is 0. The van der Waals surface area contributed by atoms with Crippen molar-refractivity contribution in [1.82, 2.24) is 9.88 Å². The summed E-state index contributed by atoms with van der Waals surface area (Å²) in [6.07, 6.45) is 3.33. The normalized spacial score (nSPS) is 15.8. The number of methoxy groups -OCH3 is 1. The number of amides is 1. The van der Waals surface area contributed by atoms with E-state index < -0.39 is 5.97 Å². The monoisotopic (exact) mass is 369 g/mol. The standard InChI is InChI=1S/C20H23N3O4/c1-4-16-10-17(27-22-16)11-21-19(24)14-7-5-6-13(8-14)15-9-18(20(25)26-3)23(2)12-15/h5-9,12,17H,4,10-11H2,1-3H3,(H,21,24). The number of hydrogen-bond donors (Lipinski definition) is 1. The van der Waals surface area contributed by atoms with Crippen LogP contribution >= 0.6 is 0 Å². The van der Waals surface area contributed by atoms with Gasteiger partial charge in [-0.3, -0.25) is 4.79 Å². The number of aromatic nitrogens is 1. The highest BCUT2D eigenvalue weighted by atomic mass is 16.6. The van der Waals surface area contributed by atoms with E-state index in [1.807, 2.05) is 25.3 Å². The molecule has 1 unspecified atom stereocenters. The predicted octanol–water partition coefficient (Wildman–Crippen LogP) is 2.76. The molecule has 1 N–H and O–H groups in total. The Kier molecular flexibility index (Phi) is 5.59. The number of ether oxygens (including phenoxy) is 1. The molecule has 142 valence electrons. The first-order valence-electron chi connectivity index (χ1n) is 8.86. The third-order valence-electron chi connectivity index (χ3n) is 4.55. The molecule has 0 saturated carbocycles. The van der Waals surface area contributed by atoms with Gasteiger partial charge in [0.1, 0.15) is 11.8 Å². The van der Waals surface area contributed by atoms with Gasteiger partial charge in [0.2, 0.25) is 0 Å². The van der Waals surface area contributed by atoms with Crippen molar-refractivity contribution in [3.8, 4) is 11.1 Å². The average molecular weight is 369 g/mol. The van der Waals surface area contributed by atoms with Crippen molar-refractivity contribution < 1.29 is 19.2 Å². The second-order valence-electron chi connectivity index (χ2n) is 6.45. The Morgan fingerprint density at radius 3 is 2.85 bits per heavy atom. The van der Waals surface area contributed by atoms with Crippen molar-refractivity contribution in [3.63, 3.8) is 0 Å². The maximum Gasteiger partial charge on any atom is 0.354 e. The lowest BCUT2D eigenvalue weighted by atomic mass is 10.0. The Morgan fingerprint density at radius 1 is 1.33 bits per heavy atom. The highest BCUT2D eigenvalue weighted by Crippen LogP contribution is 2.23. The molecule has 3 rings (SSSR count). The Hall–Kier alpha value is -3.09.